The molecule has 1 aromatic rings. The minimum absolute atomic E-state index is 0.0764. The largest absolute Gasteiger partial charge is 0.477 e. The quantitative estimate of drug-likeness (QED) is 0.845. The predicted molar refractivity (Wildman–Crippen MR) is 72.4 cm³/mol. The molecule has 1 N–H and O–H groups in total. The summed E-state index contributed by atoms with van der Waals surface area (Å²) in [6, 6.07) is 2.88. The van der Waals surface area contributed by atoms with Crippen molar-refractivity contribution in [3.8, 4) is 0 Å². The summed E-state index contributed by atoms with van der Waals surface area (Å²) in [4.78, 5) is 40.4. The molecular weight excluding hydrogens is 280 g/mol. The molecular formula is C13H14N2O4S. The van der Waals surface area contributed by atoms with E-state index in [1.54, 1.807) is 19.9 Å². The van der Waals surface area contributed by atoms with E-state index in [9.17, 15) is 14.4 Å². The van der Waals surface area contributed by atoms with Crippen LogP contribution in [0.25, 0.3) is 0 Å². The molecule has 1 aliphatic rings. The van der Waals surface area contributed by atoms with E-state index in [0.717, 1.165) is 0 Å². The Hall–Kier alpha value is -1.89. The van der Waals surface area contributed by atoms with Gasteiger partial charge in [0.1, 0.15) is 5.69 Å². The molecule has 1 aliphatic heterocycles. The molecule has 0 aromatic carbocycles. The highest BCUT2D eigenvalue weighted by Crippen LogP contribution is 2.32. The van der Waals surface area contributed by atoms with Gasteiger partial charge in [-0.1, -0.05) is 0 Å². The lowest BCUT2D eigenvalue weighted by Crippen LogP contribution is -2.37. The summed E-state index contributed by atoms with van der Waals surface area (Å²) >= 11 is 1.20. The molecule has 20 heavy (non-hydrogen) atoms. The molecule has 106 valence electrons. The zero-order valence-electron chi connectivity index (χ0n) is 11.1. The standard InChI is InChI=1S/C13H14N2O4S/c1-7(2)15-11(16)6-10(12(15)17)20-8-3-4-14-9(5-8)13(18)19/h3-5,7,10H,6H2,1-2H3,(H,18,19). The van der Waals surface area contributed by atoms with Gasteiger partial charge in [-0.2, -0.15) is 0 Å². The first-order chi connectivity index (χ1) is 9.40. The van der Waals surface area contributed by atoms with Gasteiger partial charge in [-0.25, -0.2) is 9.78 Å². The van der Waals surface area contributed by atoms with Gasteiger partial charge in [-0.3, -0.25) is 14.5 Å². The molecule has 0 bridgehead atoms. The zero-order chi connectivity index (χ0) is 14.9. The molecule has 0 radical (unpaired) electrons. The van der Waals surface area contributed by atoms with Crippen LogP contribution < -0.4 is 0 Å². The SMILES string of the molecule is CC(C)N1C(=O)CC(Sc2ccnc(C(=O)O)c2)C1=O. The molecule has 7 heteroatoms. The average Bonchev–Trinajstić information content (AvgIpc) is 2.64. The highest BCUT2D eigenvalue weighted by atomic mass is 32.2. The van der Waals surface area contributed by atoms with Crippen LogP contribution in [0, 0.1) is 0 Å². The summed E-state index contributed by atoms with van der Waals surface area (Å²) in [7, 11) is 0. The van der Waals surface area contributed by atoms with Crippen LogP contribution in [-0.4, -0.2) is 44.1 Å². The smallest absolute Gasteiger partial charge is 0.354 e. The maximum Gasteiger partial charge on any atom is 0.354 e. The molecule has 0 saturated carbocycles. The number of aromatic nitrogens is 1. The summed E-state index contributed by atoms with van der Waals surface area (Å²) in [5, 5.41) is 8.39. The van der Waals surface area contributed by atoms with E-state index in [4.69, 9.17) is 5.11 Å². The monoisotopic (exact) mass is 294 g/mol. The number of imide groups is 1. The number of hydrogen-bond acceptors (Lipinski definition) is 5. The van der Waals surface area contributed by atoms with Gasteiger partial charge in [0.15, 0.2) is 0 Å². The van der Waals surface area contributed by atoms with E-state index >= 15 is 0 Å². The Bertz CT molecular complexity index is 573. The van der Waals surface area contributed by atoms with Crippen molar-refractivity contribution in [2.75, 3.05) is 0 Å². The molecule has 1 unspecified atom stereocenters. The first-order valence-electron chi connectivity index (χ1n) is 6.12. The molecule has 1 saturated heterocycles. The van der Waals surface area contributed by atoms with E-state index in [2.05, 4.69) is 4.98 Å². The van der Waals surface area contributed by atoms with Crippen LogP contribution in [-0.2, 0) is 9.59 Å². The third-order valence-electron chi connectivity index (χ3n) is 2.89. The van der Waals surface area contributed by atoms with Gasteiger partial charge >= 0.3 is 5.97 Å². The van der Waals surface area contributed by atoms with Crippen LogP contribution in [0.15, 0.2) is 23.2 Å². The first-order valence-corrected chi connectivity index (χ1v) is 7.00. The van der Waals surface area contributed by atoms with Crippen molar-refractivity contribution in [3.05, 3.63) is 24.0 Å². The number of rotatable bonds is 4. The van der Waals surface area contributed by atoms with Crippen LogP contribution in [0.4, 0.5) is 0 Å². The van der Waals surface area contributed by atoms with E-state index in [1.165, 1.54) is 28.9 Å². The minimum Gasteiger partial charge on any atom is -0.477 e. The summed E-state index contributed by atoms with van der Waals surface area (Å²) in [6.07, 6.45) is 1.53. The number of pyridine rings is 1. The fraction of sp³-hybridized carbons (Fsp3) is 0.385. The normalized spacial score (nSPS) is 18.9. The summed E-state index contributed by atoms with van der Waals surface area (Å²) < 4.78 is 0. The van der Waals surface area contributed by atoms with Gasteiger partial charge in [0.25, 0.3) is 0 Å². The van der Waals surface area contributed by atoms with Crippen molar-refractivity contribution in [2.45, 2.75) is 36.5 Å². The number of carboxylic acids is 1. The third-order valence-corrected chi connectivity index (χ3v) is 4.07. The van der Waals surface area contributed by atoms with Gasteiger partial charge in [-0.05, 0) is 26.0 Å². The molecule has 0 spiro atoms. The average molecular weight is 294 g/mol. The number of hydrogen-bond donors (Lipinski definition) is 1. The number of carbonyl (C=O) groups is 3. The molecule has 2 rings (SSSR count). The number of carboxylic acid groups (broad SMARTS) is 1. The highest BCUT2D eigenvalue weighted by molar-refractivity contribution is 8.00. The van der Waals surface area contributed by atoms with Crippen LogP contribution in [0.3, 0.4) is 0 Å². The predicted octanol–water partition coefficient (Wildman–Crippen LogP) is 1.41. The fourth-order valence-electron chi connectivity index (χ4n) is 2.02. The van der Waals surface area contributed by atoms with E-state index in [-0.39, 0.29) is 30.0 Å². The second kappa shape index (κ2) is 5.62. The number of amides is 2. The first kappa shape index (κ1) is 14.5. The van der Waals surface area contributed by atoms with Gasteiger partial charge < -0.3 is 5.11 Å². The highest BCUT2D eigenvalue weighted by Gasteiger charge is 2.40. The lowest BCUT2D eigenvalue weighted by Gasteiger charge is -2.18. The Kier molecular flexibility index (Phi) is 4.08. The lowest BCUT2D eigenvalue weighted by atomic mass is 10.3. The number of thioether (sulfide) groups is 1. The molecule has 2 amide bonds. The summed E-state index contributed by atoms with van der Waals surface area (Å²) in [6.45, 7) is 3.58. The molecule has 0 aliphatic carbocycles. The number of likely N-dealkylation sites (tertiary alicyclic amines) is 1. The van der Waals surface area contributed by atoms with Crippen molar-refractivity contribution in [2.24, 2.45) is 0 Å². The van der Waals surface area contributed by atoms with Crippen LogP contribution in [0.1, 0.15) is 30.8 Å². The number of aromatic carboxylic acids is 1. The van der Waals surface area contributed by atoms with Gasteiger partial charge in [0.2, 0.25) is 11.8 Å². The van der Waals surface area contributed by atoms with Gasteiger partial charge in [0, 0.05) is 23.6 Å². The van der Waals surface area contributed by atoms with Crippen molar-refractivity contribution < 1.29 is 19.5 Å². The number of carbonyl (C=O) groups excluding carboxylic acids is 2. The van der Waals surface area contributed by atoms with Crippen LogP contribution in [0.5, 0.6) is 0 Å². The Balaban J connectivity index is 2.15. The second-order valence-corrected chi connectivity index (χ2v) is 5.96. The maximum absolute atomic E-state index is 12.1. The summed E-state index contributed by atoms with van der Waals surface area (Å²) in [5.41, 5.74) is -0.0764. The zero-order valence-corrected chi connectivity index (χ0v) is 11.9. The molecule has 1 atom stereocenters. The van der Waals surface area contributed by atoms with Gasteiger partial charge in [0.05, 0.1) is 5.25 Å². The number of nitrogens with zero attached hydrogens (tertiary/aromatic N) is 2. The molecule has 2 heterocycles. The van der Waals surface area contributed by atoms with E-state index < -0.39 is 11.2 Å². The van der Waals surface area contributed by atoms with Crippen molar-refractivity contribution in [1.82, 2.24) is 9.88 Å². The third kappa shape index (κ3) is 2.82. The maximum atomic E-state index is 12.1. The Morgan fingerprint density at radius 3 is 2.75 bits per heavy atom. The molecule has 6 nitrogen and oxygen atoms in total. The van der Waals surface area contributed by atoms with Crippen molar-refractivity contribution in [1.29, 1.82) is 0 Å². The second-order valence-electron chi connectivity index (χ2n) is 4.69. The van der Waals surface area contributed by atoms with Crippen molar-refractivity contribution in [3.63, 3.8) is 0 Å². The topological polar surface area (TPSA) is 87.6 Å². The Morgan fingerprint density at radius 2 is 2.20 bits per heavy atom. The van der Waals surface area contributed by atoms with E-state index in [0.29, 0.717) is 4.90 Å². The molecule has 1 aromatic heterocycles. The lowest BCUT2D eigenvalue weighted by molar-refractivity contribution is -0.140. The van der Waals surface area contributed by atoms with Crippen LogP contribution >= 0.6 is 11.8 Å². The fourth-order valence-corrected chi connectivity index (χ4v) is 3.11. The minimum atomic E-state index is -1.12. The Morgan fingerprint density at radius 1 is 1.50 bits per heavy atom. The molecule has 1 fully saturated rings. The van der Waals surface area contributed by atoms with Crippen LogP contribution in [0.2, 0.25) is 0 Å². The summed E-state index contributed by atoms with van der Waals surface area (Å²) in [5.74, 6) is -1.52. The van der Waals surface area contributed by atoms with Gasteiger partial charge in [-0.15, -0.1) is 11.8 Å². The Labute approximate surface area is 120 Å². The van der Waals surface area contributed by atoms with Crippen molar-refractivity contribution >= 4 is 29.5 Å². The van der Waals surface area contributed by atoms with E-state index in [1.807, 2.05) is 0 Å².